The van der Waals surface area contributed by atoms with Crippen LogP contribution in [0, 0.1) is 0 Å². The van der Waals surface area contributed by atoms with Gasteiger partial charge in [-0.25, -0.2) is 4.98 Å². The quantitative estimate of drug-likeness (QED) is 0.812. The van der Waals surface area contributed by atoms with Crippen molar-refractivity contribution in [3.63, 3.8) is 0 Å². The number of nitrogens with zero attached hydrogens (tertiary/aromatic N) is 3. The van der Waals surface area contributed by atoms with E-state index in [0.717, 1.165) is 24.4 Å². The Bertz CT molecular complexity index is 628. The van der Waals surface area contributed by atoms with Crippen LogP contribution in [-0.2, 0) is 5.41 Å². The summed E-state index contributed by atoms with van der Waals surface area (Å²) in [5.41, 5.74) is 0.572. The predicted octanol–water partition coefficient (Wildman–Crippen LogP) is 1.59. The Kier molecular flexibility index (Phi) is 1.97. The molecule has 0 aliphatic heterocycles. The van der Waals surface area contributed by atoms with Crippen LogP contribution in [0.15, 0.2) is 10.9 Å². The topological polar surface area (TPSA) is 63.0 Å². The SMILES string of the molecule is CC(C)(C)c1cc(=O)n2[nH]c(C3CC3)nc2n1. The first kappa shape index (κ1) is 10.5. The summed E-state index contributed by atoms with van der Waals surface area (Å²) in [6.45, 7) is 6.12. The lowest BCUT2D eigenvalue weighted by Crippen LogP contribution is -2.22. The summed E-state index contributed by atoms with van der Waals surface area (Å²) in [7, 11) is 0. The Balaban J connectivity index is 2.21. The Labute approximate surface area is 98.9 Å². The molecule has 0 atom stereocenters. The van der Waals surface area contributed by atoms with Crippen LogP contribution >= 0.6 is 0 Å². The van der Waals surface area contributed by atoms with E-state index < -0.39 is 0 Å². The van der Waals surface area contributed by atoms with Gasteiger partial charge in [-0.15, -0.1) is 0 Å². The van der Waals surface area contributed by atoms with Crippen molar-refractivity contribution in [3.05, 3.63) is 27.9 Å². The van der Waals surface area contributed by atoms with Crippen molar-refractivity contribution in [2.75, 3.05) is 0 Å². The first-order valence-corrected chi connectivity index (χ1v) is 5.95. The van der Waals surface area contributed by atoms with Gasteiger partial charge in [-0.05, 0) is 12.8 Å². The van der Waals surface area contributed by atoms with E-state index in [2.05, 4.69) is 15.1 Å². The van der Waals surface area contributed by atoms with E-state index in [4.69, 9.17) is 0 Å². The highest BCUT2D eigenvalue weighted by molar-refractivity contribution is 5.31. The fraction of sp³-hybridized carbons (Fsp3) is 0.583. The third-order valence-corrected chi connectivity index (χ3v) is 3.08. The van der Waals surface area contributed by atoms with Crippen molar-refractivity contribution in [2.45, 2.75) is 44.9 Å². The number of hydrogen-bond acceptors (Lipinski definition) is 3. The average Bonchev–Trinajstić information content (AvgIpc) is 2.97. The number of rotatable bonds is 1. The lowest BCUT2D eigenvalue weighted by molar-refractivity contribution is 0.566. The van der Waals surface area contributed by atoms with Crippen LogP contribution in [0.1, 0.15) is 51.0 Å². The maximum Gasteiger partial charge on any atom is 0.274 e. The molecular formula is C12H16N4O. The van der Waals surface area contributed by atoms with Crippen molar-refractivity contribution in [3.8, 4) is 0 Å². The van der Waals surface area contributed by atoms with Crippen LogP contribution in [0.25, 0.3) is 5.78 Å². The fourth-order valence-electron chi connectivity index (χ4n) is 1.82. The van der Waals surface area contributed by atoms with Gasteiger partial charge in [0.25, 0.3) is 11.3 Å². The molecule has 3 rings (SSSR count). The Morgan fingerprint density at radius 3 is 2.65 bits per heavy atom. The molecule has 0 saturated heterocycles. The molecule has 0 spiro atoms. The van der Waals surface area contributed by atoms with Crippen molar-refractivity contribution in [1.82, 2.24) is 19.6 Å². The minimum atomic E-state index is -0.132. The van der Waals surface area contributed by atoms with Gasteiger partial charge in [0.1, 0.15) is 5.82 Å². The summed E-state index contributed by atoms with van der Waals surface area (Å²) >= 11 is 0. The van der Waals surface area contributed by atoms with Crippen LogP contribution in [0.4, 0.5) is 0 Å². The maximum absolute atomic E-state index is 12.0. The van der Waals surface area contributed by atoms with Crippen molar-refractivity contribution >= 4 is 5.78 Å². The van der Waals surface area contributed by atoms with E-state index in [1.165, 1.54) is 4.52 Å². The highest BCUT2D eigenvalue weighted by atomic mass is 16.1. The first-order chi connectivity index (χ1) is 7.95. The molecule has 0 aromatic carbocycles. The summed E-state index contributed by atoms with van der Waals surface area (Å²) in [5.74, 6) is 1.87. The number of aromatic amines is 1. The average molecular weight is 232 g/mol. The van der Waals surface area contributed by atoms with Crippen LogP contribution in [-0.4, -0.2) is 19.6 Å². The zero-order valence-electron chi connectivity index (χ0n) is 10.3. The number of aromatic nitrogens is 4. The van der Waals surface area contributed by atoms with Gasteiger partial charge < -0.3 is 0 Å². The van der Waals surface area contributed by atoms with E-state index in [1.54, 1.807) is 6.07 Å². The molecule has 0 unspecified atom stereocenters. The lowest BCUT2D eigenvalue weighted by Gasteiger charge is -2.16. The van der Waals surface area contributed by atoms with Gasteiger partial charge in [-0.3, -0.25) is 9.89 Å². The van der Waals surface area contributed by atoms with Gasteiger partial charge in [0, 0.05) is 17.4 Å². The minimum absolute atomic E-state index is 0.0840. The van der Waals surface area contributed by atoms with Gasteiger partial charge in [-0.1, -0.05) is 20.8 Å². The third-order valence-electron chi connectivity index (χ3n) is 3.08. The lowest BCUT2D eigenvalue weighted by atomic mass is 9.92. The molecule has 1 N–H and O–H groups in total. The molecule has 1 aliphatic carbocycles. The zero-order chi connectivity index (χ0) is 12.2. The van der Waals surface area contributed by atoms with Crippen molar-refractivity contribution < 1.29 is 0 Å². The number of H-pyrrole nitrogens is 1. The van der Waals surface area contributed by atoms with Crippen LogP contribution in [0.2, 0.25) is 0 Å². The normalized spacial score (nSPS) is 16.6. The molecular weight excluding hydrogens is 216 g/mol. The molecule has 2 aromatic rings. The van der Waals surface area contributed by atoms with Crippen LogP contribution in [0.3, 0.4) is 0 Å². The van der Waals surface area contributed by atoms with Crippen molar-refractivity contribution in [1.29, 1.82) is 0 Å². The predicted molar refractivity (Wildman–Crippen MR) is 64.3 cm³/mol. The van der Waals surface area contributed by atoms with Gasteiger partial charge in [0.15, 0.2) is 0 Å². The summed E-state index contributed by atoms with van der Waals surface area (Å²) in [6, 6.07) is 1.59. The fourth-order valence-corrected chi connectivity index (χ4v) is 1.82. The molecule has 0 bridgehead atoms. The monoisotopic (exact) mass is 232 g/mol. The Morgan fingerprint density at radius 2 is 2.06 bits per heavy atom. The van der Waals surface area contributed by atoms with E-state index in [9.17, 15) is 4.79 Å². The second-order valence-corrected chi connectivity index (χ2v) is 5.75. The largest absolute Gasteiger partial charge is 0.275 e. The Morgan fingerprint density at radius 1 is 1.35 bits per heavy atom. The highest BCUT2D eigenvalue weighted by Crippen LogP contribution is 2.37. The maximum atomic E-state index is 12.0. The summed E-state index contributed by atoms with van der Waals surface area (Å²) < 4.78 is 1.43. The van der Waals surface area contributed by atoms with Crippen LogP contribution < -0.4 is 5.56 Å². The minimum Gasteiger partial charge on any atom is -0.275 e. The van der Waals surface area contributed by atoms with Gasteiger partial charge in [0.05, 0.1) is 5.69 Å². The second-order valence-electron chi connectivity index (χ2n) is 5.75. The molecule has 2 aromatic heterocycles. The zero-order valence-corrected chi connectivity index (χ0v) is 10.3. The van der Waals surface area contributed by atoms with Crippen LogP contribution in [0.5, 0.6) is 0 Å². The number of hydrogen-bond donors (Lipinski definition) is 1. The standard InChI is InChI=1S/C12H16N4O/c1-12(2,3)8-6-9(17)16-11(13-8)14-10(15-16)7-4-5-7/h6-7H,4-5H2,1-3H3,(H,13,14,15). The Hall–Kier alpha value is -1.65. The summed E-state index contributed by atoms with van der Waals surface area (Å²) in [6.07, 6.45) is 2.31. The molecule has 90 valence electrons. The molecule has 1 fully saturated rings. The molecule has 1 saturated carbocycles. The number of fused-ring (bicyclic) bond motifs is 1. The van der Waals surface area contributed by atoms with E-state index in [1.807, 2.05) is 20.8 Å². The van der Waals surface area contributed by atoms with Gasteiger partial charge in [-0.2, -0.15) is 9.50 Å². The molecule has 5 heteroatoms. The number of nitrogens with one attached hydrogen (secondary N) is 1. The van der Waals surface area contributed by atoms with E-state index in [-0.39, 0.29) is 11.0 Å². The second kappa shape index (κ2) is 3.18. The third kappa shape index (κ3) is 1.75. The summed E-state index contributed by atoms with van der Waals surface area (Å²) in [5, 5.41) is 3.04. The molecule has 2 heterocycles. The molecule has 5 nitrogen and oxygen atoms in total. The van der Waals surface area contributed by atoms with Gasteiger partial charge in [0.2, 0.25) is 0 Å². The first-order valence-electron chi connectivity index (χ1n) is 5.95. The molecule has 17 heavy (non-hydrogen) atoms. The van der Waals surface area contributed by atoms with Gasteiger partial charge >= 0.3 is 0 Å². The van der Waals surface area contributed by atoms with E-state index >= 15 is 0 Å². The molecule has 0 radical (unpaired) electrons. The summed E-state index contributed by atoms with van der Waals surface area (Å²) in [4.78, 5) is 20.8. The molecule has 1 aliphatic rings. The molecule has 0 amide bonds. The van der Waals surface area contributed by atoms with Crippen molar-refractivity contribution in [2.24, 2.45) is 0 Å². The van der Waals surface area contributed by atoms with E-state index in [0.29, 0.717) is 11.7 Å². The highest BCUT2D eigenvalue weighted by Gasteiger charge is 2.28. The smallest absolute Gasteiger partial charge is 0.274 e.